The number of aliphatic hydroxyl groups is 3. The molecule has 6 amide bonds. The molecule has 0 spiro atoms. The minimum atomic E-state index is -1.98. The number of aliphatic carboxylic acids is 1. The zero-order chi connectivity index (χ0) is 42.1. The van der Waals surface area contributed by atoms with E-state index in [4.69, 9.17) is 18.9 Å². The van der Waals surface area contributed by atoms with Gasteiger partial charge in [0.1, 0.15) is 42.8 Å². The molecule has 3 rings (SSSR count). The normalized spacial score (nSPS) is 21.3. The van der Waals surface area contributed by atoms with Crippen LogP contribution in [0.2, 0.25) is 0 Å². The number of imide groups is 1. The third kappa shape index (κ3) is 13.6. The molecular weight excluding hydrogens is 760 g/mol. The van der Waals surface area contributed by atoms with Crippen LogP contribution in [0.1, 0.15) is 37.7 Å². The Morgan fingerprint density at radius 3 is 2.30 bits per heavy atom. The summed E-state index contributed by atoms with van der Waals surface area (Å²) in [6, 6.07) is 1.55. The molecule has 0 unspecified atom stereocenters. The summed E-state index contributed by atoms with van der Waals surface area (Å²) < 4.78 is 20.4. The number of carbonyl (C=O) groups is 8. The van der Waals surface area contributed by atoms with Gasteiger partial charge in [-0.25, -0.2) is 4.79 Å². The predicted molar refractivity (Wildman–Crippen MR) is 192 cm³/mol. The number of rotatable bonds is 24. The monoisotopic (exact) mass is 808 g/mol. The molecule has 0 saturated carbocycles. The number of nitrogens with one attached hydrogen (secondary N) is 5. The van der Waals surface area contributed by atoms with Gasteiger partial charge in [0, 0.05) is 51.7 Å². The molecule has 22 heteroatoms. The Labute approximate surface area is 326 Å². The summed E-state index contributed by atoms with van der Waals surface area (Å²) in [4.78, 5) is 99.6. The van der Waals surface area contributed by atoms with Crippen molar-refractivity contribution in [1.82, 2.24) is 26.2 Å². The Bertz CT molecular complexity index is 1620. The first-order valence-electron chi connectivity index (χ1n) is 17.8. The van der Waals surface area contributed by atoms with Crippen LogP contribution in [0.15, 0.2) is 30.4 Å². The average molecular weight is 809 g/mol. The SMILES string of the molecule is CNC[C@@H](C(=O)N[C@@H](CCCCNC(=O)CCOC)C(=O)NCCC(=O)Nc1cc(COC=O)ccc1O[C@@H]1O[C@H](C(=O)O)[C@@H](O)[C@H](O)[C@H]1O)N1C(=O)C=CC1=O. The number of aliphatic hydroxyl groups excluding tert-OH is 3. The van der Waals surface area contributed by atoms with Gasteiger partial charge in [0.15, 0.2) is 6.10 Å². The van der Waals surface area contributed by atoms with Crippen LogP contribution in [-0.2, 0) is 59.2 Å². The summed E-state index contributed by atoms with van der Waals surface area (Å²) in [5, 5.41) is 53.1. The number of hydrogen-bond donors (Lipinski definition) is 9. The summed E-state index contributed by atoms with van der Waals surface area (Å²) in [5.74, 6) is -5.66. The van der Waals surface area contributed by atoms with Gasteiger partial charge in [-0.1, -0.05) is 6.07 Å². The maximum atomic E-state index is 13.4. The zero-order valence-electron chi connectivity index (χ0n) is 31.2. The van der Waals surface area contributed by atoms with Crippen LogP contribution in [-0.4, -0.2) is 156 Å². The Morgan fingerprint density at radius 1 is 0.930 bits per heavy atom. The van der Waals surface area contributed by atoms with E-state index in [0.717, 1.165) is 17.1 Å². The molecule has 2 aliphatic rings. The molecule has 1 saturated heterocycles. The van der Waals surface area contributed by atoms with Crippen LogP contribution in [0.5, 0.6) is 5.75 Å². The van der Waals surface area contributed by atoms with Crippen LogP contribution in [0, 0.1) is 0 Å². The predicted octanol–water partition coefficient (Wildman–Crippen LogP) is -3.60. The molecule has 0 radical (unpaired) electrons. The number of ether oxygens (including phenoxy) is 4. The minimum Gasteiger partial charge on any atom is -0.479 e. The van der Waals surface area contributed by atoms with E-state index in [9.17, 15) is 58.8 Å². The fourth-order valence-corrected chi connectivity index (χ4v) is 5.64. The summed E-state index contributed by atoms with van der Waals surface area (Å²) in [6.07, 6.45) is -6.95. The smallest absolute Gasteiger partial charge is 0.335 e. The van der Waals surface area contributed by atoms with Crippen LogP contribution >= 0.6 is 0 Å². The largest absolute Gasteiger partial charge is 0.479 e. The molecule has 9 N–H and O–H groups in total. The highest BCUT2D eigenvalue weighted by Gasteiger charge is 2.48. The summed E-state index contributed by atoms with van der Waals surface area (Å²) >= 11 is 0. The number of likely N-dealkylation sites (N-methyl/N-ethyl adjacent to an activating group) is 1. The van der Waals surface area contributed by atoms with E-state index in [-0.39, 0.29) is 75.9 Å². The second-order valence-corrected chi connectivity index (χ2v) is 12.8. The topological polar surface area (TPSA) is 318 Å². The lowest BCUT2D eigenvalue weighted by molar-refractivity contribution is -0.271. The van der Waals surface area contributed by atoms with Crippen LogP contribution in [0.25, 0.3) is 0 Å². The van der Waals surface area contributed by atoms with Gasteiger partial charge in [-0.15, -0.1) is 0 Å². The van der Waals surface area contributed by atoms with Gasteiger partial charge in [-0.05, 0) is 44.0 Å². The van der Waals surface area contributed by atoms with Crippen molar-refractivity contribution < 1.29 is 77.7 Å². The molecule has 0 aliphatic carbocycles. The summed E-state index contributed by atoms with van der Waals surface area (Å²) in [7, 11) is 2.98. The lowest BCUT2D eigenvalue weighted by atomic mass is 9.99. The molecular formula is C35H48N6O16. The number of carboxylic acid groups (broad SMARTS) is 1. The van der Waals surface area contributed by atoms with E-state index in [1.165, 1.54) is 32.4 Å². The fourth-order valence-electron chi connectivity index (χ4n) is 5.64. The Balaban J connectivity index is 1.69. The molecule has 7 atom stereocenters. The maximum absolute atomic E-state index is 13.4. The van der Waals surface area contributed by atoms with Crippen molar-refractivity contribution in [2.24, 2.45) is 0 Å². The Hall–Kier alpha value is -5.52. The van der Waals surface area contributed by atoms with Gasteiger partial charge < -0.3 is 66.0 Å². The molecule has 22 nitrogen and oxygen atoms in total. The van der Waals surface area contributed by atoms with E-state index >= 15 is 0 Å². The van der Waals surface area contributed by atoms with E-state index < -0.39 is 78.3 Å². The molecule has 314 valence electrons. The molecule has 1 fully saturated rings. The highest BCUT2D eigenvalue weighted by Crippen LogP contribution is 2.31. The first-order chi connectivity index (χ1) is 27.2. The van der Waals surface area contributed by atoms with E-state index in [1.807, 2.05) is 0 Å². The molecule has 2 heterocycles. The lowest BCUT2D eigenvalue weighted by Crippen LogP contribution is -2.61. The van der Waals surface area contributed by atoms with E-state index in [1.54, 1.807) is 0 Å². The second kappa shape index (κ2) is 22.9. The van der Waals surface area contributed by atoms with Crippen LogP contribution in [0.3, 0.4) is 0 Å². The van der Waals surface area contributed by atoms with Crippen molar-refractivity contribution in [3.63, 3.8) is 0 Å². The molecule has 0 aromatic heterocycles. The van der Waals surface area contributed by atoms with Crippen LogP contribution < -0.4 is 31.3 Å². The molecule has 2 aliphatic heterocycles. The van der Waals surface area contributed by atoms with Crippen molar-refractivity contribution in [3.05, 3.63) is 35.9 Å². The van der Waals surface area contributed by atoms with Crippen molar-refractivity contribution in [2.75, 3.05) is 45.7 Å². The third-order valence-electron chi connectivity index (χ3n) is 8.61. The summed E-state index contributed by atoms with van der Waals surface area (Å²) in [6.45, 7) is 0.104. The molecule has 57 heavy (non-hydrogen) atoms. The van der Waals surface area contributed by atoms with Crippen molar-refractivity contribution >= 4 is 53.6 Å². The minimum absolute atomic E-state index is 0.0721. The molecule has 0 bridgehead atoms. The van der Waals surface area contributed by atoms with Gasteiger partial charge in [-0.3, -0.25) is 38.5 Å². The van der Waals surface area contributed by atoms with Crippen molar-refractivity contribution in [2.45, 2.75) is 81.5 Å². The number of anilines is 1. The zero-order valence-corrected chi connectivity index (χ0v) is 31.2. The highest BCUT2D eigenvalue weighted by atomic mass is 16.7. The first-order valence-corrected chi connectivity index (χ1v) is 17.8. The number of amides is 6. The van der Waals surface area contributed by atoms with Crippen molar-refractivity contribution in [3.8, 4) is 5.75 Å². The van der Waals surface area contributed by atoms with E-state index in [0.29, 0.717) is 18.4 Å². The molecule has 1 aromatic carbocycles. The number of hydrogen-bond acceptors (Lipinski definition) is 16. The quantitative estimate of drug-likeness (QED) is 0.0277. The van der Waals surface area contributed by atoms with Gasteiger partial charge in [0.2, 0.25) is 29.9 Å². The first kappa shape index (κ1) is 45.9. The van der Waals surface area contributed by atoms with Gasteiger partial charge in [-0.2, -0.15) is 0 Å². The van der Waals surface area contributed by atoms with Gasteiger partial charge in [0.05, 0.1) is 12.3 Å². The number of benzene rings is 1. The van der Waals surface area contributed by atoms with Crippen LogP contribution in [0.4, 0.5) is 5.69 Å². The number of nitrogens with zero attached hydrogens (tertiary/aromatic N) is 1. The highest BCUT2D eigenvalue weighted by molar-refractivity contribution is 6.15. The fraction of sp³-hybridized carbons (Fsp3) is 0.543. The van der Waals surface area contributed by atoms with Gasteiger partial charge >= 0.3 is 5.97 Å². The summed E-state index contributed by atoms with van der Waals surface area (Å²) in [5.41, 5.74) is 0.289. The third-order valence-corrected chi connectivity index (χ3v) is 8.61. The Kier molecular flexibility index (Phi) is 18.4. The average Bonchev–Trinajstić information content (AvgIpc) is 3.51. The second-order valence-electron chi connectivity index (χ2n) is 12.8. The van der Waals surface area contributed by atoms with Crippen molar-refractivity contribution in [1.29, 1.82) is 0 Å². The lowest BCUT2D eigenvalue weighted by Gasteiger charge is -2.38. The Morgan fingerprint density at radius 2 is 1.65 bits per heavy atom. The number of unbranched alkanes of at least 4 members (excludes halogenated alkanes) is 1. The standard InChI is InChI=1S/C35H48N6O16/c1-36-16-22(41-26(45)8-9-27(41)46)33(51)40-20(5-3-4-12-37-24(43)11-14-54-2)32(50)38-13-10-25(44)39-21-15-19(17-55-18-42)6-7-23(21)56-35-30(49)28(47)29(48)31(57-35)34(52)53/h6-9,15,18,20,22,28-31,35-36,47-49H,3-5,10-14,16-17H2,1-2H3,(H,37,43)(H,38,50)(H,39,44)(H,40,51)(H,52,53)/t20-,22-,28-,29-,30+,31-,35+/m0/s1. The maximum Gasteiger partial charge on any atom is 0.335 e. The number of methoxy groups -OCH3 is 1. The van der Waals surface area contributed by atoms with E-state index in [2.05, 4.69) is 26.6 Å². The molecule has 1 aromatic rings. The van der Waals surface area contributed by atoms with Gasteiger partial charge in [0.25, 0.3) is 18.3 Å². The number of carboxylic acids is 1. The number of carbonyl (C=O) groups excluding carboxylic acids is 7.